The van der Waals surface area contributed by atoms with Gasteiger partial charge in [0.2, 0.25) is 0 Å². The highest BCUT2D eigenvalue weighted by Gasteiger charge is 2.20. The number of halogens is 1. The van der Waals surface area contributed by atoms with Crippen molar-refractivity contribution in [2.45, 2.75) is 19.9 Å². The Labute approximate surface area is 199 Å². The molecule has 1 aromatic carbocycles. The first kappa shape index (κ1) is 22.9. The normalized spacial score (nSPS) is 11.7. The van der Waals surface area contributed by atoms with Crippen molar-refractivity contribution in [3.05, 3.63) is 80.6 Å². The smallest absolute Gasteiger partial charge is 0.356 e. The van der Waals surface area contributed by atoms with Crippen LogP contribution in [0.1, 0.15) is 40.1 Å². The molecule has 0 aliphatic rings. The first-order valence-electron chi connectivity index (χ1n) is 10.2. The number of aryl methyl sites for hydroxylation is 1. The summed E-state index contributed by atoms with van der Waals surface area (Å²) in [5, 5.41) is 22.4. The number of carboxylic acids is 1. The van der Waals surface area contributed by atoms with Crippen LogP contribution in [0.3, 0.4) is 0 Å². The maximum atomic E-state index is 13.3. The van der Waals surface area contributed by atoms with Gasteiger partial charge in [0.25, 0.3) is 5.56 Å². The number of rotatable bonds is 5. The van der Waals surface area contributed by atoms with E-state index in [0.29, 0.717) is 33.4 Å². The van der Waals surface area contributed by atoms with Gasteiger partial charge < -0.3 is 10.4 Å². The Balaban J connectivity index is 1.90. The predicted octanol–water partition coefficient (Wildman–Crippen LogP) is 4.10. The van der Waals surface area contributed by atoms with Crippen LogP contribution in [0.25, 0.3) is 22.3 Å². The molecule has 2 N–H and O–H groups in total. The molecule has 9 nitrogen and oxygen atoms in total. The number of aromatic carboxylic acids is 1. The number of carbonyl (C=O) groups is 1. The van der Waals surface area contributed by atoms with E-state index >= 15 is 0 Å². The van der Waals surface area contributed by atoms with Crippen LogP contribution in [-0.4, -0.2) is 30.6 Å². The zero-order valence-electron chi connectivity index (χ0n) is 18.5. The summed E-state index contributed by atoms with van der Waals surface area (Å²) in [6.45, 7) is 3.71. The molecular formula is C24H19ClN6O3. The molecule has 0 amide bonds. The Morgan fingerprint density at radius 2 is 2.00 bits per heavy atom. The molecule has 4 aromatic rings. The topological polar surface area (TPSA) is 134 Å². The van der Waals surface area contributed by atoms with Gasteiger partial charge in [-0.25, -0.2) is 14.8 Å². The highest BCUT2D eigenvalue weighted by molar-refractivity contribution is 6.29. The van der Waals surface area contributed by atoms with Gasteiger partial charge in [-0.15, -0.1) is 0 Å². The van der Waals surface area contributed by atoms with E-state index in [-0.39, 0.29) is 22.1 Å². The van der Waals surface area contributed by atoms with Gasteiger partial charge in [-0.1, -0.05) is 17.7 Å². The number of nitrogens with one attached hydrogen (secondary N) is 1. The Bertz CT molecular complexity index is 1560. The number of nitrogens with zero attached hydrogens (tertiary/aromatic N) is 5. The number of carboxylic acid groups (broad SMARTS) is 1. The minimum atomic E-state index is -1.22. The lowest BCUT2D eigenvalue weighted by Crippen LogP contribution is -2.22. The van der Waals surface area contributed by atoms with E-state index in [1.807, 2.05) is 26.0 Å². The molecule has 0 unspecified atom stereocenters. The van der Waals surface area contributed by atoms with Gasteiger partial charge in [0.1, 0.15) is 17.0 Å². The molecular weight excluding hydrogens is 456 g/mol. The first-order chi connectivity index (χ1) is 16.2. The largest absolute Gasteiger partial charge is 0.476 e. The van der Waals surface area contributed by atoms with Crippen LogP contribution in [0.15, 0.2) is 47.5 Å². The molecule has 10 heteroatoms. The van der Waals surface area contributed by atoms with Crippen LogP contribution in [0.4, 0.5) is 5.69 Å². The molecule has 34 heavy (non-hydrogen) atoms. The van der Waals surface area contributed by atoms with Gasteiger partial charge in [0.05, 0.1) is 28.2 Å². The van der Waals surface area contributed by atoms with Gasteiger partial charge in [-0.3, -0.25) is 14.3 Å². The van der Waals surface area contributed by atoms with E-state index < -0.39 is 12.0 Å². The number of hydrogen-bond acceptors (Lipinski definition) is 7. The highest BCUT2D eigenvalue weighted by atomic mass is 35.5. The minimum Gasteiger partial charge on any atom is -0.476 e. The lowest BCUT2D eigenvalue weighted by atomic mass is 10.0. The third kappa shape index (κ3) is 4.19. The fourth-order valence-electron chi connectivity index (χ4n) is 3.79. The van der Waals surface area contributed by atoms with Gasteiger partial charge in [0, 0.05) is 30.6 Å². The molecule has 0 spiro atoms. The van der Waals surface area contributed by atoms with Crippen LogP contribution in [-0.2, 0) is 7.05 Å². The Kier molecular flexibility index (Phi) is 6.01. The summed E-state index contributed by atoms with van der Waals surface area (Å²) in [5.41, 5.74) is 2.72. The first-order valence-corrected chi connectivity index (χ1v) is 10.6. The van der Waals surface area contributed by atoms with Crippen LogP contribution in [0, 0.1) is 18.3 Å². The standard InChI is InChI=1S/C24H19ClN6O3/c1-12-6-16(13(2)28-18-4-5-19(25)29-21(18)24(33)34)20-17(7-12)23(32)31(3)22(30-20)15-8-14(9-26)10-27-11-15/h4-8,10-11,13,28H,1-3H3,(H,33,34)/t13-/m1/s1. The highest BCUT2D eigenvalue weighted by Crippen LogP contribution is 2.29. The summed E-state index contributed by atoms with van der Waals surface area (Å²) < 4.78 is 1.42. The van der Waals surface area contributed by atoms with E-state index in [1.54, 1.807) is 31.4 Å². The molecule has 0 bridgehead atoms. The molecule has 0 aliphatic heterocycles. The van der Waals surface area contributed by atoms with Crippen molar-refractivity contribution in [3.63, 3.8) is 0 Å². The van der Waals surface area contributed by atoms with E-state index in [1.165, 1.54) is 16.8 Å². The van der Waals surface area contributed by atoms with Crippen molar-refractivity contribution in [2.24, 2.45) is 7.05 Å². The lowest BCUT2D eigenvalue weighted by Gasteiger charge is -2.20. The van der Waals surface area contributed by atoms with Crippen molar-refractivity contribution in [2.75, 3.05) is 5.32 Å². The average molecular weight is 475 g/mol. The second-order valence-corrected chi connectivity index (χ2v) is 8.21. The van der Waals surface area contributed by atoms with Crippen molar-refractivity contribution in [1.82, 2.24) is 19.5 Å². The zero-order valence-corrected chi connectivity index (χ0v) is 19.3. The number of pyridine rings is 2. The molecule has 3 heterocycles. The van der Waals surface area contributed by atoms with Crippen LogP contribution >= 0.6 is 11.6 Å². The summed E-state index contributed by atoms with van der Waals surface area (Å²) in [6.07, 6.45) is 2.98. The minimum absolute atomic E-state index is 0.0691. The number of hydrogen-bond donors (Lipinski definition) is 2. The van der Waals surface area contributed by atoms with E-state index in [4.69, 9.17) is 16.6 Å². The molecule has 4 rings (SSSR count). The maximum absolute atomic E-state index is 13.3. The molecule has 0 saturated carbocycles. The van der Waals surface area contributed by atoms with Crippen molar-refractivity contribution in [3.8, 4) is 17.5 Å². The maximum Gasteiger partial charge on any atom is 0.356 e. The van der Waals surface area contributed by atoms with E-state index in [9.17, 15) is 20.0 Å². The molecule has 1 atom stereocenters. The fourth-order valence-corrected chi connectivity index (χ4v) is 3.94. The lowest BCUT2D eigenvalue weighted by molar-refractivity contribution is 0.0691. The second kappa shape index (κ2) is 8.92. The van der Waals surface area contributed by atoms with Crippen molar-refractivity contribution >= 4 is 34.2 Å². The number of benzene rings is 1. The van der Waals surface area contributed by atoms with E-state index in [0.717, 1.165) is 5.56 Å². The van der Waals surface area contributed by atoms with Gasteiger partial charge in [-0.05, 0) is 43.7 Å². The molecule has 0 fully saturated rings. The third-order valence-corrected chi connectivity index (χ3v) is 5.59. The van der Waals surface area contributed by atoms with Crippen LogP contribution < -0.4 is 10.9 Å². The Morgan fingerprint density at radius 1 is 1.24 bits per heavy atom. The SMILES string of the molecule is Cc1cc([C@@H](C)Nc2ccc(Cl)nc2C(=O)O)c2nc(-c3cncc(C#N)c3)n(C)c(=O)c2c1. The summed E-state index contributed by atoms with van der Waals surface area (Å²) >= 11 is 5.87. The number of nitriles is 1. The molecule has 0 aliphatic carbocycles. The number of fused-ring (bicyclic) bond motifs is 1. The Hall–Kier alpha value is -4.29. The van der Waals surface area contributed by atoms with Gasteiger partial charge in [0.15, 0.2) is 5.69 Å². The summed E-state index contributed by atoms with van der Waals surface area (Å²) in [6, 6.07) is 9.93. The van der Waals surface area contributed by atoms with Crippen molar-refractivity contribution < 1.29 is 9.90 Å². The summed E-state index contributed by atoms with van der Waals surface area (Å²) in [5.74, 6) is -0.857. The number of aromatic nitrogens is 4. The zero-order chi connectivity index (χ0) is 24.6. The summed E-state index contributed by atoms with van der Waals surface area (Å²) in [4.78, 5) is 37.7. The molecule has 0 saturated heterocycles. The monoisotopic (exact) mass is 474 g/mol. The molecule has 3 aromatic heterocycles. The Morgan fingerprint density at radius 3 is 2.71 bits per heavy atom. The molecule has 170 valence electrons. The van der Waals surface area contributed by atoms with Crippen LogP contribution in [0.5, 0.6) is 0 Å². The molecule has 0 radical (unpaired) electrons. The average Bonchev–Trinajstić information content (AvgIpc) is 2.82. The van der Waals surface area contributed by atoms with E-state index in [2.05, 4.69) is 15.3 Å². The second-order valence-electron chi connectivity index (χ2n) is 7.83. The van der Waals surface area contributed by atoms with Crippen molar-refractivity contribution in [1.29, 1.82) is 5.26 Å². The quantitative estimate of drug-likeness (QED) is 0.413. The predicted molar refractivity (Wildman–Crippen MR) is 128 cm³/mol. The number of anilines is 1. The summed E-state index contributed by atoms with van der Waals surface area (Å²) in [7, 11) is 1.62. The third-order valence-electron chi connectivity index (χ3n) is 5.38. The van der Waals surface area contributed by atoms with Crippen LogP contribution in [0.2, 0.25) is 5.15 Å². The fraction of sp³-hybridized carbons (Fsp3) is 0.167. The van der Waals surface area contributed by atoms with Gasteiger partial charge in [-0.2, -0.15) is 5.26 Å². The van der Waals surface area contributed by atoms with Gasteiger partial charge >= 0.3 is 5.97 Å².